The summed E-state index contributed by atoms with van der Waals surface area (Å²) >= 11 is 1.18. The quantitative estimate of drug-likeness (QED) is 0.903. The molecule has 1 aliphatic carbocycles. The summed E-state index contributed by atoms with van der Waals surface area (Å²) in [5, 5.41) is 9.58. The molecule has 0 aliphatic heterocycles. The monoisotopic (exact) mass is 341 g/mol. The van der Waals surface area contributed by atoms with Crippen LogP contribution in [-0.2, 0) is 16.4 Å². The second kappa shape index (κ2) is 6.47. The van der Waals surface area contributed by atoms with Crippen LogP contribution in [0.2, 0.25) is 0 Å². The van der Waals surface area contributed by atoms with E-state index >= 15 is 0 Å². The van der Waals surface area contributed by atoms with E-state index in [1.54, 1.807) is 11.4 Å². The zero-order valence-corrected chi connectivity index (χ0v) is 14.0. The largest absolute Gasteiger partial charge is 0.421 e. The minimum Gasteiger partial charge on any atom is -0.421 e. The Hall–Kier alpha value is -1.25. The number of nitrogens with zero attached hydrogens (tertiary/aromatic N) is 2. The molecule has 2 aromatic rings. The molecule has 3 rings (SSSR count). The first-order valence-electron chi connectivity index (χ1n) is 7.52. The lowest BCUT2D eigenvalue weighted by atomic mass is 9.96. The Balaban J connectivity index is 1.76. The molecule has 0 spiro atoms. The molecule has 0 unspecified atom stereocenters. The molecule has 22 heavy (non-hydrogen) atoms. The van der Waals surface area contributed by atoms with Crippen molar-refractivity contribution in [2.24, 2.45) is 0 Å². The number of hydrogen-bond acceptors (Lipinski definition) is 6. The lowest BCUT2D eigenvalue weighted by Gasteiger charge is -2.22. The molecule has 1 N–H and O–H groups in total. The van der Waals surface area contributed by atoms with E-state index in [9.17, 15) is 8.42 Å². The van der Waals surface area contributed by atoms with Crippen molar-refractivity contribution in [2.75, 3.05) is 0 Å². The van der Waals surface area contributed by atoms with Gasteiger partial charge in [0.2, 0.25) is 21.8 Å². The summed E-state index contributed by atoms with van der Waals surface area (Å²) in [6, 6.07) is 1.65. The van der Waals surface area contributed by atoms with Crippen molar-refractivity contribution in [2.45, 2.75) is 55.7 Å². The van der Waals surface area contributed by atoms with Gasteiger partial charge in [0, 0.05) is 17.8 Å². The molecular formula is C14H19N3O3S2. The van der Waals surface area contributed by atoms with E-state index in [4.69, 9.17) is 4.42 Å². The van der Waals surface area contributed by atoms with E-state index in [0.717, 1.165) is 25.7 Å². The topological polar surface area (TPSA) is 85.1 Å². The molecule has 0 amide bonds. The van der Waals surface area contributed by atoms with E-state index in [-0.39, 0.29) is 6.04 Å². The molecule has 2 heterocycles. The molecule has 1 fully saturated rings. The fourth-order valence-corrected chi connectivity index (χ4v) is 5.06. The van der Waals surface area contributed by atoms with Gasteiger partial charge >= 0.3 is 0 Å². The van der Waals surface area contributed by atoms with Crippen LogP contribution in [0.4, 0.5) is 0 Å². The summed E-state index contributed by atoms with van der Waals surface area (Å²) in [6.45, 7) is 1.93. The van der Waals surface area contributed by atoms with Gasteiger partial charge in [-0.1, -0.05) is 26.2 Å². The number of hydrogen-bond donors (Lipinski definition) is 1. The van der Waals surface area contributed by atoms with E-state index in [1.165, 1.54) is 17.8 Å². The Morgan fingerprint density at radius 3 is 2.77 bits per heavy atom. The van der Waals surface area contributed by atoms with Crippen molar-refractivity contribution in [1.82, 2.24) is 14.9 Å². The van der Waals surface area contributed by atoms with Crippen molar-refractivity contribution >= 4 is 21.4 Å². The van der Waals surface area contributed by atoms with Gasteiger partial charge in [-0.05, 0) is 18.9 Å². The molecule has 120 valence electrons. The maximum Gasteiger partial charge on any atom is 0.250 e. The maximum atomic E-state index is 12.4. The van der Waals surface area contributed by atoms with Crippen LogP contribution >= 0.6 is 11.3 Å². The lowest BCUT2D eigenvalue weighted by molar-refractivity contribution is 0.412. The first-order chi connectivity index (χ1) is 10.6. The van der Waals surface area contributed by atoms with Gasteiger partial charge in [-0.25, -0.2) is 13.1 Å². The minimum absolute atomic E-state index is 0.0550. The molecule has 1 saturated carbocycles. The zero-order chi connectivity index (χ0) is 15.6. The summed E-state index contributed by atoms with van der Waals surface area (Å²) in [6.07, 6.45) is 5.86. The third-order valence-corrected chi connectivity index (χ3v) is 6.74. The van der Waals surface area contributed by atoms with Crippen molar-refractivity contribution in [3.63, 3.8) is 0 Å². The predicted octanol–water partition coefficient (Wildman–Crippen LogP) is 2.97. The summed E-state index contributed by atoms with van der Waals surface area (Å²) in [4.78, 5) is 0. The fourth-order valence-electron chi connectivity index (χ4n) is 2.58. The molecule has 0 bridgehead atoms. The highest BCUT2D eigenvalue weighted by Gasteiger charge is 2.24. The van der Waals surface area contributed by atoms with Crippen LogP contribution in [0.15, 0.2) is 20.1 Å². The molecule has 1 aliphatic rings. The van der Waals surface area contributed by atoms with Gasteiger partial charge in [0.15, 0.2) is 0 Å². The van der Waals surface area contributed by atoms with Crippen LogP contribution in [0.1, 0.15) is 44.9 Å². The molecule has 2 aromatic heterocycles. The number of aromatic nitrogens is 2. The Morgan fingerprint density at radius 2 is 2.09 bits per heavy atom. The third kappa shape index (κ3) is 3.39. The number of sulfonamides is 1. The Bertz CT molecular complexity index is 730. The van der Waals surface area contributed by atoms with Gasteiger partial charge in [0.05, 0.1) is 5.56 Å². The number of thiophene rings is 1. The van der Waals surface area contributed by atoms with E-state index in [0.29, 0.717) is 28.0 Å². The molecule has 0 aromatic carbocycles. The number of aryl methyl sites for hydroxylation is 1. The van der Waals surface area contributed by atoms with Crippen molar-refractivity contribution in [1.29, 1.82) is 0 Å². The normalized spacial score (nSPS) is 17.0. The molecule has 0 radical (unpaired) electrons. The van der Waals surface area contributed by atoms with E-state index < -0.39 is 10.0 Å². The highest BCUT2D eigenvalue weighted by atomic mass is 32.2. The summed E-state index contributed by atoms with van der Waals surface area (Å²) in [5.74, 6) is 0.915. The highest BCUT2D eigenvalue weighted by molar-refractivity contribution is 7.91. The SMILES string of the molecule is CCc1nnc(-c2csc(S(=O)(=O)NC3CCCCC3)c2)o1. The second-order valence-corrected chi connectivity index (χ2v) is 8.32. The van der Waals surface area contributed by atoms with Gasteiger partial charge in [-0.15, -0.1) is 21.5 Å². The predicted molar refractivity (Wildman–Crippen MR) is 84.2 cm³/mol. The average molecular weight is 341 g/mol. The fraction of sp³-hybridized carbons (Fsp3) is 0.571. The lowest BCUT2D eigenvalue weighted by Crippen LogP contribution is -2.35. The standard InChI is InChI=1S/C14H19N3O3S2/c1-2-12-15-16-14(20-12)10-8-13(21-9-10)22(18,19)17-11-6-4-3-5-7-11/h8-9,11,17H,2-7H2,1H3. The van der Waals surface area contributed by atoms with Crippen LogP contribution in [0, 0.1) is 0 Å². The zero-order valence-electron chi connectivity index (χ0n) is 12.4. The van der Waals surface area contributed by atoms with Gasteiger partial charge in [-0.3, -0.25) is 0 Å². The smallest absolute Gasteiger partial charge is 0.250 e. The molecule has 0 saturated heterocycles. The molecule has 8 heteroatoms. The Labute approximate surface area is 134 Å². The van der Waals surface area contributed by atoms with Gasteiger partial charge in [0.1, 0.15) is 4.21 Å². The van der Waals surface area contributed by atoms with Crippen molar-refractivity contribution < 1.29 is 12.8 Å². The highest BCUT2D eigenvalue weighted by Crippen LogP contribution is 2.28. The first kappa shape index (κ1) is 15.6. The van der Waals surface area contributed by atoms with Gasteiger partial charge in [-0.2, -0.15) is 0 Å². The summed E-state index contributed by atoms with van der Waals surface area (Å²) < 4.78 is 33.4. The summed E-state index contributed by atoms with van der Waals surface area (Å²) in [5.41, 5.74) is 0.654. The first-order valence-corrected chi connectivity index (χ1v) is 9.88. The number of rotatable bonds is 5. The molecule has 6 nitrogen and oxygen atoms in total. The Morgan fingerprint density at radius 1 is 1.32 bits per heavy atom. The Kier molecular flexibility index (Phi) is 4.60. The maximum absolute atomic E-state index is 12.4. The average Bonchev–Trinajstić information content (AvgIpc) is 3.17. The van der Waals surface area contributed by atoms with Crippen LogP contribution in [-0.4, -0.2) is 24.7 Å². The number of nitrogens with one attached hydrogen (secondary N) is 1. The van der Waals surface area contributed by atoms with Gasteiger partial charge < -0.3 is 4.42 Å². The van der Waals surface area contributed by atoms with Crippen LogP contribution < -0.4 is 4.72 Å². The van der Waals surface area contributed by atoms with Crippen molar-refractivity contribution in [3.8, 4) is 11.5 Å². The van der Waals surface area contributed by atoms with Gasteiger partial charge in [0.25, 0.3) is 0 Å². The third-order valence-electron chi connectivity index (χ3n) is 3.78. The van der Waals surface area contributed by atoms with Crippen LogP contribution in [0.25, 0.3) is 11.5 Å². The van der Waals surface area contributed by atoms with E-state index in [2.05, 4.69) is 14.9 Å². The summed E-state index contributed by atoms with van der Waals surface area (Å²) in [7, 11) is -3.47. The van der Waals surface area contributed by atoms with E-state index in [1.807, 2.05) is 6.92 Å². The molecule has 0 atom stereocenters. The second-order valence-electron chi connectivity index (χ2n) is 5.47. The van der Waals surface area contributed by atoms with Crippen molar-refractivity contribution in [3.05, 3.63) is 17.3 Å². The molecular weight excluding hydrogens is 322 g/mol. The van der Waals surface area contributed by atoms with Crippen LogP contribution in [0.3, 0.4) is 0 Å². The minimum atomic E-state index is -3.47. The van der Waals surface area contributed by atoms with Crippen LogP contribution in [0.5, 0.6) is 0 Å².